The van der Waals surface area contributed by atoms with E-state index in [0.717, 1.165) is 18.7 Å². The predicted octanol–water partition coefficient (Wildman–Crippen LogP) is 4.21. The van der Waals surface area contributed by atoms with Crippen LogP contribution >= 0.6 is 22.6 Å². The zero-order chi connectivity index (χ0) is 19.2. The second-order valence-corrected chi connectivity index (χ2v) is 7.38. The summed E-state index contributed by atoms with van der Waals surface area (Å²) in [5, 5.41) is 0. The van der Waals surface area contributed by atoms with Gasteiger partial charge in [-0.1, -0.05) is 54.5 Å². The Hall–Kier alpha value is -0.660. The summed E-state index contributed by atoms with van der Waals surface area (Å²) in [6.07, 6.45) is 6.15. The van der Waals surface area contributed by atoms with Crippen molar-refractivity contribution in [3.05, 3.63) is 35.4 Å². The summed E-state index contributed by atoms with van der Waals surface area (Å²) >= 11 is 2.15. The maximum atomic E-state index is 11.6. The fraction of sp³-hybridized carbons (Fsp3) is 0.667. The van der Waals surface area contributed by atoms with Crippen LogP contribution in [-0.4, -0.2) is 42.5 Å². The summed E-state index contributed by atoms with van der Waals surface area (Å²) in [5.41, 5.74) is 6.94. The van der Waals surface area contributed by atoms with Crippen molar-refractivity contribution in [1.82, 2.24) is 4.90 Å². The lowest BCUT2D eigenvalue weighted by Crippen LogP contribution is -2.59. The van der Waals surface area contributed by atoms with E-state index in [2.05, 4.69) is 40.5 Å². The zero-order valence-electron chi connectivity index (χ0n) is 16.3. The normalized spacial score (nSPS) is 28.2. The third-order valence-electron chi connectivity index (χ3n) is 6.04. The maximum absolute atomic E-state index is 11.6. The molecule has 2 bridgehead atoms. The summed E-state index contributed by atoms with van der Waals surface area (Å²) < 4.78 is 6.24. The summed E-state index contributed by atoms with van der Waals surface area (Å²) in [4.78, 5) is 16.2. The molecule has 5 heteroatoms. The van der Waals surface area contributed by atoms with Gasteiger partial charge in [0.2, 0.25) is 5.91 Å². The number of alkyl halides is 1. The molecule has 1 heterocycles. The van der Waals surface area contributed by atoms with Gasteiger partial charge in [-0.15, -0.1) is 0 Å². The molecule has 1 aromatic carbocycles. The van der Waals surface area contributed by atoms with E-state index in [4.69, 9.17) is 10.5 Å². The second kappa shape index (κ2) is 10.0. The van der Waals surface area contributed by atoms with Crippen LogP contribution in [0.4, 0.5) is 0 Å². The standard InChI is InChI=1S/C20H30N2O2.CH3I/c1-3-4-11-22-13-17-9-6-10-18(14-22)20(17,24-2)16-8-5-7-15(12-16)19(21)23;1-2/h5,7-8,12,17-18H,3-4,6,9-11,13-14H2,1-2H3,(H2,21,23);1H3. The van der Waals surface area contributed by atoms with Crippen LogP contribution in [0.5, 0.6) is 0 Å². The predicted molar refractivity (Wildman–Crippen MR) is 116 cm³/mol. The van der Waals surface area contributed by atoms with Crippen molar-refractivity contribution in [2.24, 2.45) is 17.6 Å². The number of rotatable bonds is 6. The third-order valence-corrected chi connectivity index (χ3v) is 6.04. The van der Waals surface area contributed by atoms with Gasteiger partial charge in [-0.2, -0.15) is 0 Å². The number of carbonyl (C=O) groups excluding carboxylic acids is 1. The molecular formula is C21H33IN2O2. The molecule has 4 nitrogen and oxygen atoms in total. The van der Waals surface area contributed by atoms with Crippen LogP contribution in [-0.2, 0) is 10.3 Å². The van der Waals surface area contributed by atoms with Gasteiger partial charge in [-0.3, -0.25) is 4.79 Å². The van der Waals surface area contributed by atoms with Crippen molar-refractivity contribution >= 4 is 28.5 Å². The largest absolute Gasteiger partial charge is 0.373 e. The van der Waals surface area contributed by atoms with Gasteiger partial charge in [-0.05, 0) is 48.4 Å². The van der Waals surface area contributed by atoms with Gasteiger partial charge in [0.15, 0.2) is 0 Å². The molecule has 2 atom stereocenters. The Morgan fingerprint density at radius 2 is 1.96 bits per heavy atom. The van der Waals surface area contributed by atoms with Crippen LogP contribution in [0.3, 0.4) is 0 Å². The Morgan fingerprint density at radius 3 is 2.50 bits per heavy atom. The molecule has 3 rings (SSSR count). The molecule has 1 saturated heterocycles. The van der Waals surface area contributed by atoms with Crippen LogP contribution < -0.4 is 5.73 Å². The van der Waals surface area contributed by atoms with E-state index in [-0.39, 0.29) is 11.5 Å². The highest BCUT2D eigenvalue weighted by molar-refractivity contribution is 14.1. The molecular weight excluding hydrogens is 439 g/mol. The number of amides is 1. The number of likely N-dealkylation sites (tertiary alicyclic amines) is 1. The quantitative estimate of drug-likeness (QED) is 0.499. The number of hydrogen-bond donors (Lipinski definition) is 1. The first-order valence-electron chi connectivity index (χ1n) is 9.67. The monoisotopic (exact) mass is 472 g/mol. The Bertz CT molecular complexity index is 579. The van der Waals surface area contributed by atoms with Crippen molar-refractivity contribution < 1.29 is 9.53 Å². The number of piperidine rings is 1. The summed E-state index contributed by atoms with van der Waals surface area (Å²) in [7, 11) is 1.84. The van der Waals surface area contributed by atoms with E-state index in [1.54, 1.807) is 6.07 Å². The maximum Gasteiger partial charge on any atom is 0.248 e. The number of methoxy groups -OCH3 is 1. The highest BCUT2D eigenvalue weighted by Crippen LogP contribution is 2.51. The van der Waals surface area contributed by atoms with Crippen LogP contribution in [0.25, 0.3) is 0 Å². The Morgan fingerprint density at radius 1 is 1.31 bits per heavy atom. The number of benzene rings is 1. The zero-order valence-corrected chi connectivity index (χ0v) is 18.5. The molecule has 1 aromatic rings. The number of nitrogens with two attached hydrogens (primary N) is 1. The van der Waals surface area contributed by atoms with Gasteiger partial charge >= 0.3 is 0 Å². The van der Waals surface area contributed by atoms with E-state index >= 15 is 0 Å². The Kier molecular flexibility index (Phi) is 8.36. The third kappa shape index (κ3) is 4.25. The number of hydrogen-bond acceptors (Lipinski definition) is 3. The molecule has 2 fully saturated rings. The first kappa shape index (κ1) is 21.6. The minimum Gasteiger partial charge on any atom is -0.373 e. The van der Waals surface area contributed by atoms with Crippen molar-refractivity contribution in [3.63, 3.8) is 0 Å². The average Bonchev–Trinajstić information content (AvgIpc) is 2.67. The van der Waals surface area contributed by atoms with Crippen molar-refractivity contribution in [2.45, 2.75) is 44.6 Å². The topological polar surface area (TPSA) is 55.6 Å². The SMILES string of the molecule is CCCCN1CC2CCCC(C1)C2(OC)c1cccc(C(N)=O)c1.CI. The molecule has 2 N–H and O–H groups in total. The van der Waals surface area contributed by atoms with Gasteiger partial charge in [0, 0.05) is 37.6 Å². The average molecular weight is 472 g/mol. The van der Waals surface area contributed by atoms with Crippen molar-refractivity contribution in [3.8, 4) is 0 Å². The van der Waals surface area contributed by atoms with E-state index in [0.29, 0.717) is 17.4 Å². The van der Waals surface area contributed by atoms with E-state index in [1.807, 2.05) is 24.2 Å². The summed E-state index contributed by atoms with van der Waals surface area (Å²) in [6, 6.07) is 7.80. The van der Waals surface area contributed by atoms with Gasteiger partial charge in [-0.25, -0.2) is 0 Å². The van der Waals surface area contributed by atoms with Crippen LogP contribution in [0.15, 0.2) is 24.3 Å². The van der Waals surface area contributed by atoms with Crippen molar-refractivity contribution in [1.29, 1.82) is 0 Å². The lowest BCUT2D eigenvalue weighted by Gasteiger charge is -2.55. The number of nitrogens with zero attached hydrogens (tertiary/aromatic N) is 1. The molecule has 2 aliphatic rings. The number of halogens is 1. The van der Waals surface area contributed by atoms with E-state index < -0.39 is 0 Å². The fourth-order valence-corrected chi connectivity index (χ4v) is 4.93. The van der Waals surface area contributed by atoms with Gasteiger partial charge in [0.1, 0.15) is 5.60 Å². The fourth-order valence-electron chi connectivity index (χ4n) is 4.93. The number of carbonyl (C=O) groups is 1. The molecule has 1 aliphatic heterocycles. The minimum absolute atomic E-state index is 0.271. The number of unbranched alkanes of at least 4 members (excludes halogenated alkanes) is 1. The Labute approximate surface area is 172 Å². The molecule has 0 radical (unpaired) electrons. The van der Waals surface area contributed by atoms with Crippen LogP contribution in [0, 0.1) is 11.8 Å². The van der Waals surface area contributed by atoms with Crippen LogP contribution in [0.2, 0.25) is 0 Å². The minimum atomic E-state index is -0.367. The molecule has 1 amide bonds. The molecule has 1 saturated carbocycles. The van der Waals surface area contributed by atoms with Gasteiger partial charge in [0.05, 0.1) is 0 Å². The Balaban J connectivity index is 0.00000117. The highest BCUT2D eigenvalue weighted by atomic mass is 127. The molecule has 0 aromatic heterocycles. The first-order valence-corrected chi connectivity index (χ1v) is 11.8. The van der Waals surface area contributed by atoms with Crippen LogP contribution in [0.1, 0.15) is 54.9 Å². The lowest BCUT2D eigenvalue weighted by molar-refractivity contribution is -0.169. The lowest BCUT2D eigenvalue weighted by atomic mass is 9.62. The smallest absolute Gasteiger partial charge is 0.248 e. The summed E-state index contributed by atoms with van der Waals surface area (Å²) in [6.45, 7) is 5.61. The van der Waals surface area contributed by atoms with E-state index in [9.17, 15) is 4.79 Å². The number of ether oxygens (including phenoxy) is 1. The molecule has 26 heavy (non-hydrogen) atoms. The van der Waals surface area contributed by atoms with E-state index in [1.165, 1.54) is 38.6 Å². The molecule has 1 aliphatic carbocycles. The van der Waals surface area contributed by atoms with Crippen molar-refractivity contribution in [2.75, 3.05) is 31.7 Å². The second-order valence-electron chi connectivity index (χ2n) is 7.38. The number of fused-ring (bicyclic) bond motifs is 2. The molecule has 2 unspecified atom stereocenters. The van der Waals surface area contributed by atoms with Gasteiger partial charge in [0.25, 0.3) is 0 Å². The number of primary amides is 1. The molecule has 0 spiro atoms. The van der Waals surface area contributed by atoms with Gasteiger partial charge < -0.3 is 15.4 Å². The molecule has 146 valence electrons. The highest BCUT2D eigenvalue weighted by Gasteiger charge is 2.53. The first-order chi connectivity index (χ1) is 12.6. The summed E-state index contributed by atoms with van der Waals surface area (Å²) in [5.74, 6) is 0.596.